The van der Waals surface area contributed by atoms with E-state index in [1.807, 2.05) is 12.3 Å². The monoisotopic (exact) mass is 280 g/mol. The Bertz CT molecular complexity index is 731. The smallest absolute Gasteiger partial charge is 0.123 e. The molecule has 1 atom stereocenters. The molecule has 0 bridgehead atoms. The average molecular weight is 280 g/mol. The maximum Gasteiger partial charge on any atom is 0.123 e. The van der Waals surface area contributed by atoms with E-state index in [2.05, 4.69) is 47.5 Å². The van der Waals surface area contributed by atoms with Crippen LogP contribution >= 0.6 is 0 Å². The molecule has 2 aromatic heterocycles. The van der Waals surface area contributed by atoms with Crippen LogP contribution in [-0.4, -0.2) is 16.0 Å². The summed E-state index contributed by atoms with van der Waals surface area (Å²) in [6, 6.07) is 4.34. The van der Waals surface area contributed by atoms with Crippen LogP contribution in [0, 0.1) is 0 Å². The molecule has 4 heteroatoms. The number of rotatable bonds is 3. The third kappa shape index (κ3) is 2.75. The molecule has 0 amide bonds. The Labute approximate surface area is 124 Å². The van der Waals surface area contributed by atoms with Crippen LogP contribution < -0.4 is 11.1 Å². The molecule has 21 heavy (non-hydrogen) atoms. The zero-order chi connectivity index (χ0) is 14.8. The Hall–Kier alpha value is -2.36. The summed E-state index contributed by atoms with van der Waals surface area (Å²) in [5.74, 6) is 0.522. The minimum Gasteiger partial charge on any atom is -0.384 e. The van der Waals surface area contributed by atoms with Crippen molar-refractivity contribution in [2.45, 2.75) is 32.7 Å². The first-order chi connectivity index (χ1) is 10.2. The maximum atomic E-state index is 5.70. The number of allylic oxidation sites excluding steroid dienone is 2. The molecule has 3 rings (SSSR count). The average Bonchev–Trinajstić information content (AvgIpc) is 2.47. The van der Waals surface area contributed by atoms with Gasteiger partial charge in [0.1, 0.15) is 5.82 Å². The van der Waals surface area contributed by atoms with Gasteiger partial charge in [-0.25, -0.2) is 4.98 Å². The first-order valence-corrected chi connectivity index (χ1v) is 7.34. The molecule has 1 unspecified atom stereocenters. The Morgan fingerprint density at radius 2 is 1.95 bits per heavy atom. The molecule has 1 aliphatic heterocycles. The first kappa shape index (κ1) is 13.6. The molecule has 0 spiro atoms. The number of nitrogens with one attached hydrogen (secondary N) is 1. The van der Waals surface area contributed by atoms with Crippen LogP contribution in [-0.2, 0) is 0 Å². The van der Waals surface area contributed by atoms with Crippen LogP contribution in [0.25, 0.3) is 16.3 Å². The fraction of sp³-hybridized carbons (Fsp3) is 0.294. The number of nitrogens with zero attached hydrogens (tertiary/aromatic N) is 2. The molecule has 1 aliphatic rings. The number of hydrogen-bond donors (Lipinski definition) is 2. The summed E-state index contributed by atoms with van der Waals surface area (Å²) in [6.07, 6.45) is 10.3. The van der Waals surface area contributed by atoms with E-state index in [1.54, 1.807) is 6.20 Å². The minimum absolute atomic E-state index is 0.431. The largest absolute Gasteiger partial charge is 0.384 e. The molecule has 4 nitrogen and oxygen atoms in total. The van der Waals surface area contributed by atoms with Crippen molar-refractivity contribution in [1.29, 1.82) is 0 Å². The summed E-state index contributed by atoms with van der Waals surface area (Å²) in [4.78, 5) is 8.71. The lowest BCUT2D eigenvalue weighted by Gasteiger charge is -2.21. The van der Waals surface area contributed by atoms with Gasteiger partial charge in [0.2, 0.25) is 0 Å². The molecule has 2 aromatic rings. The Morgan fingerprint density at radius 3 is 2.71 bits per heavy atom. The van der Waals surface area contributed by atoms with Crippen LogP contribution in [0.2, 0.25) is 0 Å². The van der Waals surface area contributed by atoms with Crippen LogP contribution in [0.15, 0.2) is 42.4 Å². The number of aromatic nitrogens is 2. The Balaban J connectivity index is 1.94. The van der Waals surface area contributed by atoms with Gasteiger partial charge in [-0.05, 0) is 31.1 Å². The number of pyridine rings is 2. The van der Waals surface area contributed by atoms with Crippen molar-refractivity contribution in [3.8, 4) is 0 Å². The van der Waals surface area contributed by atoms with Gasteiger partial charge in [0.15, 0.2) is 0 Å². The Kier molecular flexibility index (Phi) is 3.60. The number of hydrogen-bond acceptors (Lipinski definition) is 4. The van der Waals surface area contributed by atoms with E-state index in [0.717, 1.165) is 28.5 Å². The normalized spacial score (nSPS) is 18.1. The van der Waals surface area contributed by atoms with E-state index in [-0.39, 0.29) is 0 Å². The van der Waals surface area contributed by atoms with Crippen LogP contribution in [0.4, 0.5) is 5.82 Å². The van der Waals surface area contributed by atoms with E-state index >= 15 is 0 Å². The highest BCUT2D eigenvalue weighted by atomic mass is 14.9. The minimum atomic E-state index is 0.431. The van der Waals surface area contributed by atoms with Gasteiger partial charge in [-0.3, -0.25) is 4.98 Å². The lowest BCUT2D eigenvalue weighted by Crippen LogP contribution is -2.25. The molecular formula is C17H20N4. The van der Waals surface area contributed by atoms with Gasteiger partial charge in [0.25, 0.3) is 0 Å². The highest BCUT2D eigenvalue weighted by molar-refractivity contribution is 5.87. The molecule has 3 heterocycles. The number of nitrogen functional groups attached to an aromatic ring is 1. The molecule has 0 saturated heterocycles. The summed E-state index contributed by atoms with van der Waals surface area (Å²) in [5.41, 5.74) is 9.07. The second kappa shape index (κ2) is 5.56. The van der Waals surface area contributed by atoms with Crippen LogP contribution in [0.1, 0.15) is 32.4 Å². The molecule has 108 valence electrons. The third-order valence-electron chi connectivity index (χ3n) is 3.82. The quantitative estimate of drug-likeness (QED) is 0.905. The zero-order valence-corrected chi connectivity index (χ0v) is 12.4. The molecule has 3 N–H and O–H groups in total. The van der Waals surface area contributed by atoms with Gasteiger partial charge in [0.05, 0.1) is 5.69 Å². The number of anilines is 1. The molecule has 0 saturated carbocycles. The predicted octanol–water partition coefficient (Wildman–Crippen LogP) is 3.27. The summed E-state index contributed by atoms with van der Waals surface area (Å²) < 4.78 is 0. The summed E-state index contributed by atoms with van der Waals surface area (Å²) in [6.45, 7) is 4.34. The lowest BCUT2D eigenvalue weighted by atomic mass is 9.97. The van der Waals surface area contributed by atoms with E-state index in [4.69, 9.17) is 5.73 Å². The predicted molar refractivity (Wildman–Crippen MR) is 87.5 cm³/mol. The molecule has 0 radical (unpaired) electrons. The second-order valence-electron chi connectivity index (χ2n) is 5.50. The number of nitrogens with two attached hydrogens (primary N) is 1. The SMILES string of the molecule is CCCC1C=C(C)C(c2cc3cnc(N)cc3cn2)=CN1. The number of fused-ring (bicyclic) bond motifs is 1. The van der Waals surface area contributed by atoms with Crippen molar-refractivity contribution in [3.05, 3.63) is 48.1 Å². The van der Waals surface area contributed by atoms with Gasteiger partial charge in [0, 0.05) is 41.0 Å². The third-order valence-corrected chi connectivity index (χ3v) is 3.82. The van der Waals surface area contributed by atoms with Crippen molar-refractivity contribution >= 4 is 22.2 Å². The zero-order valence-electron chi connectivity index (χ0n) is 12.4. The van der Waals surface area contributed by atoms with Crippen molar-refractivity contribution in [3.63, 3.8) is 0 Å². The first-order valence-electron chi connectivity index (χ1n) is 7.34. The molecule has 0 fully saturated rings. The van der Waals surface area contributed by atoms with Crippen LogP contribution in [0.5, 0.6) is 0 Å². The summed E-state index contributed by atoms with van der Waals surface area (Å²) in [5, 5.41) is 5.51. The molecule has 0 aliphatic carbocycles. The lowest BCUT2D eigenvalue weighted by molar-refractivity contribution is 0.620. The highest BCUT2D eigenvalue weighted by Gasteiger charge is 2.14. The Morgan fingerprint density at radius 1 is 1.19 bits per heavy atom. The van der Waals surface area contributed by atoms with Gasteiger partial charge in [-0.2, -0.15) is 0 Å². The molecular weight excluding hydrogens is 260 g/mol. The van der Waals surface area contributed by atoms with Crippen molar-refractivity contribution < 1.29 is 0 Å². The van der Waals surface area contributed by atoms with E-state index < -0.39 is 0 Å². The standard InChI is InChI=1S/C17H20N4/c1-3-4-14-5-11(2)15(10-19-14)16-6-12-9-21-17(18)7-13(12)8-20-16/h5-10,14,19H,3-4H2,1-2H3,(H2,18,21). The van der Waals surface area contributed by atoms with Crippen LogP contribution in [0.3, 0.4) is 0 Å². The van der Waals surface area contributed by atoms with Gasteiger partial charge in [-0.1, -0.05) is 19.4 Å². The summed E-state index contributed by atoms with van der Waals surface area (Å²) in [7, 11) is 0. The van der Waals surface area contributed by atoms with E-state index in [1.165, 1.54) is 12.0 Å². The van der Waals surface area contributed by atoms with Gasteiger partial charge < -0.3 is 11.1 Å². The van der Waals surface area contributed by atoms with Crippen molar-refractivity contribution in [2.24, 2.45) is 0 Å². The highest BCUT2D eigenvalue weighted by Crippen LogP contribution is 2.27. The van der Waals surface area contributed by atoms with E-state index in [0.29, 0.717) is 11.9 Å². The van der Waals surface area contributed by atoms with Crippen molar-refractivity contribution in [2.75, 3.05) is 5.73 Å². The summed E-state index contributed by atoms with van der Waals surface area (Å²) >= 11 is 0. The fourth-order valence-electron chi connectivity index (χ4n) is 2.70. The van der Waals surface area contributed by atoms with Crippen molar-refractivity contribution in [1.82, 2.24) is 15.3 Å². The topological polar surface area (TPSA) is 63.8 Å². The van der Waals surface area contributed by atoms with Gasteiger partial charge >= 0.3 is 0 Å². The van der Waals surface area contributed by atoms with E-state index in [9.17, 15) is 0 Å². The fourth-order valence-corrected chi connectivity index (χ4v) is 2.70. The maximum absolute atomic E-state index is 5.70. The second-order valence-corrected chi connectivity index (χ2v) is 5.50. The number of dihydropyridines is 1. The van der Waals surface area contributed by atoms with Gasteiger partial charge in [-0.15, -0.1) is 0 Å². The molecule has 0 aromatic carbocycles.